The summed E-state index contributed by atoms with van der Waals surface area (Å²) in [5, 5.41) is 25.5. The summed E-state index contributed by atoms with van der Waals surface area (Å²) in [6.07, 6.45) is 0. The first-order valence-electron chi connectivity index (χ1n) is 7.91. The van der Waals surface area contributed by atoms with Crippen LogP contribution >= 0.6 is 0 Å². The van der Waals surface area contributed by atoms with Crippen LogP contribution in [0, 0.1) is 20.2 Å². The molecule has 0 aromatic heterocycles. The Morgan fingerprint density at radius 2 is 1.46 bits per heavy atom. The number of dihydropyridines is 1. The number of nitrogens with one attached hydrogen (secondary N) is 1. The standard InChI is InChI=1S/C17H17N3O8/c1-8-13(16(21)27-3)15(14(9(2)18-8)17(22)28-4)11-6-5-10(19(23)24)7-12(11)20(25)26/h5-7,15,18H,1-4H3. The van der Waals surface area contributed by atoms with Gasteiger partial charge in [0.2, 0.25) is 0 Å². The molecule has 1 N–H and O–H groups in total. The molecule has 0 aliphatic carbocycles. The first-order valence-corrected chi connectivity index (χ1v) is 7.91. The van der Waals surface area contributed by atoms with E-state index in [0.29, 0.717) is 11.4 Å². The van der Waals surface area contributed by atoms with Crippen molar-refractivity contribution in [3.05, 3.63) is 66.5 Å². The number of hydrogen-bond donors (Lipinski definition) is 1. The number of methoxy groups -OCH3 is 2. The number of rotatable bonds is 5. The molecule has 0 spiro atoms. The summed E-state index contributed by atoms with van der Waals surface area (Å²) in [6, 6.07) is 3.00. The summed E-state index contributed by atoms with van der Waals surface area (Å²) in [5.41, 5.74) is -0.591. The Balaban J connectivity index is 2.86. The second kappa shape index (κ2) is 7.86. The van der Waals surface area contributed by atoms with Crippen LogP contribution in [0.2, 0.25) is 0 Å². The summed E-state index contributed by atoms with van der Waals surface area (Å²) < 4.78 is 9.56. The highest BCUT2D eigenvalue weighted by Crippen LogP contribution is 2.43. The fraction of sp³-hybridized carbons (Fsp3) is 0.294. The lowest BCUT2D eigenvalue weighted by Gasteiger charge is -2.29. The molecule has 11 heteroatoms. The van der Waals surface area contributed by atoms with Crippen molar-refractivity contribution in [2.45, 2.75) is 19.8 Å². The quantitative estimate of drug-likeness (QED) is 0.452. The third-order valence-corrected chi connectivity index (χ3v) is 4.30. The molecule has 28 heavy (non-hydrogen) atoms. The van der Waals surface area contributed by atoms with Crippen molar-refractivity contribution < 1.29 is 28.9 Å². The van der Waals surface area contributed by atoms with Crippen LogP contribution in [-0.4, -0.2) is 36.0 Å². The minimum Gasteiger partial charge on any atom is -0.466 e. The van der Waals surface area contributed by atoms with Gasteiger partial charge in [0.25, 0.3) is 11.4 Å². The zero-order valence-electron chi connectivity index (χ0n) is 15.5. The lowest BCUT2D eigenvalue weighted by atomic mass is 9.79. The zero-order valence-corrected chi connectivity index (χ0v) is 15.5. The van der Waals surface area contributed by atoms with Gasteiger partial charge in [-0.15, -0.1) is 0 Å². The first-order chi connectivity index (χ1) is 13.1. The van der Waals surface area contributed by atoms with E-state index in [1.54, 1.807) is 13.8 Å². The summed E-state index contributed by atoms with van der Waals surface area (Å²) in [7, 11) is 2.26. The fourth-order valence-electron chi connectivity index (χ4n) is 3.11. The lowest BCUT2D eigenvalue weighted by molar-refractivity contribution is -0.394. The number of nitro groups is 2. The highest BCUT2D eigenvalue weighted by atomic mass is 16.6. The van der Waals surface area contributed by atoms with Crippen LogP contribution in [0.15, 0.2) is 40.7 Å². The number of non-ortho nitro benzene ring substituents is 1. The summed E-state index contributed by atoms with van der Waals surface area (Å²) in [6.45, 7) is 3.10. The third-order valence-electron chi connectivity index (χ3n) is 4.30. The van der Waals surface area contributed by atoms with E-state index in [0.717, 1.165) is 32.4 Å². The van der Waals surface area contributed by atoms with Crippen LogP contribution in [0.3, 0.4) is 0 Å². The second-order valence-corrected chi connectivity index (χ2v) is 5.88. The number of esters is 2. The van der Waals surface area contributed by atoms with Crippen LogP contribution in [0.4, 0.5) is 11.4 Å². The Morgan fingerprint density at radius 3 is 1.86 bits per heavy atom. The number of nitrogens with zero attached hydrogens (tertiary/aromatic N) is 2. The lowest BCUT2D eigenvalue weighted by Crippen LogP contribution is -2.32. The summed E-state index contributed by atoms with van der Waals surface area (Å²) in [5.74, 6) is -2.82. The number of ether oxygens (including phenoxy) is 2. The molecule has 0 unspecified atom stereocenters. The largest absolute Gasteiger partial charge is 0.466 e. The highest BCUT2D eigenvalue weighted by molar-refractivity contribution is 6.00. The van der Waals surface area contributed by atoms with E-state index in [2.05, 4.69) is 5.32 Å². The van der Waals surface area contributed by atoms with Gasteiger partial charge in [-0.2, -0.15) is 0 Å². The Labute approximate surface area is 158 Å². The smallest absolute Gasteiger partial charge is 0.336 e. The Bertz CT molecular complexity index is 910. The predicted octanol–water partition coefficient (Wildman–Crippen LogP) is 2.08. The molecule has 1 aliphatic heterocycles. The summed E-state index contributed by atoms with van der Waals surface area (Å²) >= 11 is 0. The number of carbonyl (C=O) groups is 2. The third kappa shape index (κ3) is 3.54. The van der Waals surface area contributed by atoms with Gasteiger partial charge in [-0.3, -0.25) is 20.2 Å². The predicted molar refractivity (Wildman–Crippen MR) is 95.1 cm³/mol. The molecule has 2 rings (SSSR count). The van der Waals surface area contributed by atoms with Crippen molar-refractivity contribution in [3.63, 3.8) is 0 Å². The van der Waals surface area contributed by atoms with E-state index in [4.69, 9.17) is 9.47 Å². The van der Waals surface area contributed by atoms with E-state index < -0.39 is 39.1 Å². The molecular weight excluding hydrogens is 374 g/mol. The maximum absolute atomic E-state index is 12.4. The number of hydrogen-bond acceptors (Lipinski definition) is 9. The van der Waals surface area contributed by atoms with Gasteiger partial charge >= 0.3 is 11.9 Å². The molecule has 0 fully saturated rings. The van der Waals surface area contributed by atoms with Gasteiger partial charge < -0.3 is 14.8 Å². The van der Waals surface area contributed by atoms with E-state index >= 15 is 0 Å². The van der Waals surface area contributed by atoms with E-state index in [9.17, 15) is 29.8 Å². The normalized spacial score (nSPS) is 14.4. The molecule has 1 aliphatic rings. The van der Waals surface area contributed by atoms with Gasteiger partial charge in [0.1, 0.15) is 0 Å². The van der Waals surface area contributed by atoms with Crippen LogP contribution in [0.25, 0.3) is 0 Å². The molecule has 0 radical (unpaired) electrons. The van der Waals surface area contributed by atoms with Crippen LogP contribution in [0.1, 0.15) is 25.3 Å². The second-order valence-electron chi connectivity index (χ2n) is 5.88. The molecule has 0 saturated carbocycles. The maximum atomic E-state index is 12.4. The van der Waals surface area contributed by atoms with E-state index in [1.807, 2.05) is 0 Å². The molecule has 0 bridgehead atoms. The van der Waals surface area contributed by atoms with Crippen molar-refractivity contribution in [1.82, 2.24) is 5.32 Å². The number of carbonyl (C=O) groups excluding carboxylic acids is 2. The fourth-order valence-corrected chi connectivity index (χ4v) is 3.11. The SMILES string of the molecule is COC(=O)C1=C(C)NC(C)=C(C(=O)OC)C1c1ccc([N+](=O)[O-])cc1[N+](=O)[O-]. The topological polar surface area (TPSA) is 151 Å². The Hall–Kier alpha value is -3.76. The number of allylic oxidation sites excluding steroid dienone is 2. The van der Waals surface area contributed by atoms with Crippen molar-refractivity contribution in [2.24, 2.45) is 0 Å². The van der Waals surface area contributed by atoms with E-state index in [-0.39, 0.29) is 16.7 Å². The molecule has 0 amide bonds. The van der Waals surface area contributed by atoms with Gasteiger partial charge in [0.15, 0.2) is 0 Å². The average molecular weight is 391 g/mol. The first kappa shape index (κ1) is 20.6. The number of nitro benzene ring substituents is 2. The van der Waals surface area contributed by atoms with Crippen LogP contribution in [0.5, 0.6) is 0 Å². The van der Waals surface area contributed by atoms with Gasteiger partial charge in [0.05, 0.1) is 47.2 Å². The van der Waals surface area contributed by atoms with Crippen molar-refractivity contribution in [2.75, 3.05) is 14.2 Å². The van der Waals surface area contributed by atoms with Gasteiger partial charge in [-0.05, 0) is 19.9 Å². The van der Waals surface area contributed by atoms with Crippen LogP contribution in [-0.2, 0) is 19.1 Å². The van der Waals surface area contributed by atoms with Gasteiger partial charge in [-0.1, -0.05) is 0 Å². The minimum atomic E-state index is -1.21. The molecule has 1 aromatic carbocycles. The average Bonchev–Trinajstić information content (AvgIpc) is 2.65. The molecule has 0 saturated heterocycles. The Kier molecular flexibility index (Phi) is 5.77. The van der Waals surface area contributed by atoms with E-state index in [1.165, 1.54) is 0 Å². The molecule has 1 aromatic rings. The maximum Gasteiger partial charge on any atom is 0.336 e. The van der Waals surface area contributed by atoms with Crippen LogP contribution < -0.4 is 5.32 Å². The number of benzene rings is 1. The molecule has 11 nitrogen and oxygen atoms in total. The van der Waals surface area contributed by atoms with Gasteiger partial charge in [-0.25, -0.2) is 9.59 Å². The van der Waals surface area contributed by atoms with Gasteiger partial charge in [0, 0.05) is 23.0 Å². The zero-order chi connectivity index (χ0) is 21.2. The highest BCUT2D eigenvalue weighted by Gasteiger charge is 2.41. The van der Waals surface area contributed by atoms with Crippen molar-refractivity contribution in [1.29, 1.82) is 0 Å². The molecule has 0 atom stereocenters. The molecule has 1 heterocycles. The van der Waals surface area contributed by atoms with Crippen molar-refractivity contribution in [3.8, 4) is 0 Å². The Morgan fingerprint density at radius 1 is 0.964 bits per heavy atom. The summed E-state index contributed by atoms with van der Waals surface area (Å²) in [4.78, 5) is 45.8. The van der Waals surface area contributed by atoms with Crippen molar-refractivity contribution >= 4 is 23.3 Å². The molecular formula is C17H17N3O8. The monoisotopic (exact) mass is 391 g/mol. The molecule has 148 valence electrons. The minimum absolute atomic E-state index is 0.0366.